The first-order valence-electron chi connectivity index (χ1n) is 7.50. The predicted molar refractivity (Wildman–Crippen MR) is 94.7 cm³/mol. The lowest BCUT2D eigenvalue weighted by atomic mass is 10.1. The maximum absolute atomic E-state index is 10.6. The van der Waals surface area contributed by atoms with Crippen LogP contribution < -0.4 is 4.74 Å². The summed E-state index contributed by atoms with van der Waals surface area (Å²) < 4.78 is 6.31. The van der Waals surface area contributed by atoms with E-state index in [1.165, 1.54) is 5.01 Å². The van der Waals surface area contributed by atoms with Crippen LogP contribution in [0.5, 0.6) is 5.75 Å². The van der Waals surface area contributed by atoms with Crippen LogP contribution in [-0.4, -0.2) is 18.6 Å². The minimum Gasteiger partial charge on any atom is -0.484 e. The van der Waals surface area contributed by atoms with E-state index in [0.29, 0.717) is 13.0 Å². The molecule has 2 aromatic carbocycles. The van der Waals surface area contributed by atoms with E-state index in [1.54, 1.807) is 18.4 Å². The average molecular weight is 326 g/mol. The lowest BCUT2D eigenvalue weighted by Gasteiger charge is -2.20. The van der Waals surface area contributed by atoms with Crippen LogP contribution in [-0.2, 0) is 0 Å². The van der Waals surface area contributed by atoms with E-state index in [0.717, 1.165) is 21.4 Å². The number of nitroso groups, excluding NO2 is 1. The molecule has 0 saturated carbocycles. The maximum Gasteiger partial charge on any atom is 0.135 e. The molecule has 3 rings (SSSR count). The summed E-state index contributed by atoms with van der Waals surface area (Å²) in [4.78, 5) is 11.7. The third kappa shape index (κ3) is 3.68. The van der Waals surface area contributed by atoms with Gasteiger partial charge in [-0.1, -0.05) is 42.5 Å². The Morgan fingerprint density at radius 3 is 2.74 bits per heavy atom. The van der Waals surface area contributed by atoms with Crippen molar-refractivity contribution in [3.05, 3.63) is 69.8 Å². The fourth-order valence-corrected chi connectivity index (χ4v) is 3.32. The second kappa shape index (κ2) is 7.24. The molecule has 0 amide bonds. The van der Waals surface area contributed by atoms with Crippen molar-refractivity contribution in [2.45, 2.75) is 12.5 Å². The number of rotatable bonds is 7. The lowest BCUT2D eigenvalue weighted by molar-refractivity contribution is 0.179. The third-order valence-electron chi connectivity index (χ3n) is 3.73. The van der Waals surface area contributed by atoms with Crippen LogP contribution in [0.1, 0.15) is 17.4 Å². The first-order chi connectivity index (χ1) is 11.3. The van der Waals surface area contributed by atoms with Crippen LogP contribution in [0, 0.1) is 4.91 Å². The Hall–Kier alpha value is -2.40. The van der Waals surface area contributed by atoms with E-state index in [1.807, 2.05) is 35.7 Å². The van der Waals surface area contributed by atoms with Gasteiger partial charge in [0.2, 0.25) is 0 Å². The molecule has 5 heteroatoms. The Morgan fingerprint density at radius 2 is 1.96 bits per heavy atom. The molecule has 0 saturated heterocycles. The average Bonchev–Trinajstić information content (AvgIpc) is 3.12. The first kappa shape index (κ1) is 15.5. The summed E-state index contributed by atoms with van der Waals surface area (Å²) in [5.41, 5.74) is 0. The van der Waals surface area contributed by atoms with Gasteiger partial charge in [0, 0.05) is 30.3 Å². The second-order valence-corrected chi connectivity index (χ2v) is 6.33. The van der Waals surface area contributed by atoms with Crippen molar-refractivity contribution < 1.29 is 4.74 Å². The molecule has 0 spiro atoms. The fourth-order valence-electron chi connectivity index (χ4n) is 2.53. The zero-order valence-electron chi connectivity index (χ0n) is 12.9. The molecule has 4 nitrogen and oxygen atoms in total. The number of nitrogens with zero attached hydrogens (tertiary/aromatic N) is 2. The summed E-state index contributed by atoms with van der Waals surface area (Å²) in [7, 11) is 1.68. The van der Waals surface area contributed by atoms with Crippen molar-refractivity contribution >= 4 is 22.1 Å². The van der Waals surface area contributed by atoms with Crippen molar-refractivity contribution in [2.24, 2.45) is 5.29 Å². The Balaban J connectivity index is 1.86. The van der Waals surface area contributed by atoms with Gasteiger partial charge in [0.1, 0.15) is 11.9 Å². The molecule has 1 unspecified atom stereocenters. The Kier molecular flexibility index (Phi) is 4.88. The molecule has 0 aliphatic heterocycles. The molecule has 0 aliphatic carbocycles. The van der Waals surface area contributed by atoms with Crippen molar-refractivity contribution in [1.29, 1.82) is 0 Å². The van der Waals surface area contributed by atoms with E-state index in [2.05, 4.69) is 29.6 Å². The van der Waals surface area contributed by atoms with Gasteiger partial charge in [0.05, 0.1) is 5.29 Å². The summed E-state index contributed by atoms with van der Waals surface area (Å²) in [6, 6.07) is 18.3. The minimum atomic E-state index is -0.0926. The molecule has 0 bridgehead atoms. The molecule has 1 aromatic heterocycles. The summed E-state index contributed by atoms with van der Waals surface area (Å²) in [6.07, 6.45) is 0.608. The van der Waals surface area contributed by atoms with E-state index in [9.17, 15) is 4.91 Å². The summed E-state index contributed by atoms with van der Waals surface area (Å²) in [5, 5.41) is 8.61. The second-order valence-electron chi connectivity index (χ2n) is 5.35. The number of ether oxygens (including phenoxy) is 1. The van der Waals surface area contributed by atoms with Crippen molar-refractivity contribution in [1.82, 2.24) is 5.01 Å². The van der Waals surface area contributed by atoms with Crippen LogP contribution in [0.2, 0.25) is 0 Å². The zero-order chi connectivity index (χ0) is 16.1. The van der Waals surface area contributed by atoms with Crippen LogP contribution in [0.25, 0.3) is 10.8 Å². The molecule has 23 heavy (non-hydrogen) atoms. The van der Waals surface area contributed by atoms with E-state index < -0.39 is 0 Å². The highest BCUT2D eigenvalue weighted by molar-refractivity contribution is 7.10. The topological polar surface area (TPSA) is 41.9 Å². The molecule has 1 atom stereocenters. The smallest absolute Gasteiger partial charge is 0.135 e. The van der Waals surface area contributed by atoms with Crippen molar-refractivity contribution in [3.63, 3.8) is 0 Å². The van der Waals surface area contributed by atoms with Gasteiger partial charge in [-0.2, -0.15) is 0 Å². The van der Waals surface area contributed by atoms with Crippen LogP contribution >= 0.6 is 11.3 Å². The van der Waals surface area contributed by atoms with Gasteiger partial charge in [-0.15, -0.1) is 16.2 Å². The summed E-state index contributed by atoms with van der Waals surface area (Å²) in [6.45, 7) is 0.552. The van der Waals surface area contributed by atoms with Crippen molar-refractivity contribution in [2.75, 3.05) is 13.6 Å². The van der Waals surface area contributed by atoms with E-state index in [-0.39, 0.29) is 6.10 Å². The predicted octanol–water partition coefficient (Wildman–Crippen LogP) is 5.02. The molecule has 0 aliphatic rings. The van der Waals surface area contributed by atoms with Crippen molar-refractivity contribution in [3.8, 4) is 5.75 Å². The number of benzene rings is 2. The highest BCUT2D eigenvalue weighted by Gasteiger charge is 2.17. The minimum absolute atomic E-state index is 0.0926. The normalized spacial score (nSPS) is 12.0. The van der Waals surface area contributed by atoms with Crippen LogP contribution in [0.3, 0.4) is 0 Å². The van der Waals surface area contributed by atoms with Crippen LogP contribution in [0.4, 0.5) is 0 Å². The quantitative estimate of drug-likeness (QED) is 0.452. The standard InChI is InChI=1S/C18H18N2O2S/c1-20(19-21)12-11-17(18-10-5-13-23-18)22-16-9-4-7-14-6-2-3-8-15(14)16/h2-10,13,17H,11-12H2,1H3. The fraction of sp³-hybridized carbons (Fsp3) is 0.222. The molecule has 3 aromatic rings. The Bertz CT molecular complexity index is 768. The number of hydrogen-bond acceptors (Lipinski definition) is 4. The molecule has 0 N–H and O–H groups in total. The maximum atomic E-state index is 10.6. The summed E-state index contributed by atoms with van der Waals surface area (Å²) >= 11 is 1.66. The monoisotopic (exact) mass is 326 g/mol. The first-order valence-corrected chi connectivity index (χ1v) is 8.38. The van der Waals surface area contributed by atoms with Gasteiger partial charge in [0.25, 0.3) is 0 Å². The number of fused-ring (bicyclic) bond motifs is 1. The Morgan fingerprint density at radius 1 is 1.13 bits per heavy atom. The third-order valence-corrected chi connectivity index (χ3v) is 4.70. The van der Waals surface area contributed by atoms with Gasteiger partial charge >= 0.3 is 0 Å². The highest BCUT2D eigenvalue weighted by Crippen LogP contribution is 2.32. The van der Waals surface area contributed by atoms with E-state index >= 15 is 0 Å². The molecular weight excluding hydrogens is 308 g/mol. The molecule has 0 radical (unpaired) electrons. The molecule has 118 valence electrons. The van der Waals surface area contributed by atoms with Gasteiger partial charge in [-0.25, -0.2) is 0 Å². The zero-order valence-corrected chi connectivity index (χ0v) is 13.7. The van der Waals surface area contributed by atoms with Crippen LogP contribution in [0.15, 0.2) is 65.3 Å². The van der Waals surface area contributed by atoms with E-state index in [4.69, 9.17) is 4.74 Å². The number of thiophene rings is 1. The molecular formula is C18H18N2O2S. The van der Waals surface area contributed by atoms with Gasteiger partial charge in [-0.05, 0) is 22.9 Å². The molecule has 1 heterocycles. The Labute approximate surface area is 139 Å². The largest absolute Gasteiger partial charge is 0.484 e. The van der Waals surface area contributed by atoms with Gasteiger partial charge < -0.3 is 4.74 Å². The molecule has 0 fully saturated rings. The summed E-state index contributed by atoms with van der Waals surface area (Å²) in [5.74, 6) is 0.864. The number of hydrogen-bond donors (Lipinski definition) is 0. The van der Waals surface area contributed by atoms with Gasteiger partial charge in [-0.3, -0.25) is 5.01 Å². The highest BCUT2D eigenvalue weighted by atomic mass is 32.1. The lowest BCUT2D eigenvalue weighted by Crippen LogP contribution is -2.17. The SMILES string of the molecule is CN(CCC(Oc1cccc2ccccc12)c1cccs1)N=O. The van der Waals surface area contributed by atoms with Gasteiger partial charge in [0.15, 0.2) is 0 Å².